The molecule has 0 saturated carbocycles. The first-order valence-corrected chi connectivity index (χ1v) is 10.4. The summed E-state index contributed by atoms with van der Waals surface area (Å²) in [6.45, 7) is 1.11. The number of nitrogens with one attached hydrogen (secondary N) is 1. The summed E-state index contributed by atoms with van der Waals surface area (Å²) in [7, 11) is 0.143. The van der Waals surface area contributed by atoms with Gasteiger partial charge in [-0.05, 0) is 24.3 Å². The first-order chi connectivity index (χ1) is 13.7. The van der Waals surface area contributed by atoms with Gasteiger partial charge in [0.25, 0.3) is 0 Å². The molecule has 0 amide bonds. The highest BCUT2D eigenvalue weighted by Crippen LogP contribution is 2.41. The van der Waals surface area contributed by atoms with E-state index in [1.165, 1.54) is 11.3 Å². The van der Waals surface area contributed by atoms with Crippen LogP contribution in [0.25, 0.3) is 0 Å². The molecular formula is C19H16N4O3S2. The number of nitriles is 1. The molecule has 0 aliphatic carbocycles. The number of aromatic nitrogens is 1. The maximum atomic E-state index is 12.6. The fourth-order valence-corrected chi connectivity index (χ4v) is 4.47. The molecule has 2 heterocycles. The Morgan fingerprint density at radius 2 is 2.18 bits per heavy atom. The van der Waals surface area contributed by atoms with Crippen LogP contribution in [0.5, 0.6) is 11.5 Å². The van der Waals surface area contributed by atoms with Gasteiger partial charge in [0.05, 0.1) is 41.6 Å². The van der Waals surface area contributed by atoms with Crippen molar-refractivity contribution < 1.29 is 13.7 Å². The highest BCUT2D eigenvalue weighted by atomic mass is 32.2. The van der Waals surface area contributed by atoms with Crippen molar-refractivity contribution in [3.63, 3.8) is 0 Å². The molecule has 2 aromatic carbocycles. The summed E-state index contributed by atoms with van der Waals surface area (Å²) in [6.07, 6.45) is 1.66. The zero-order chi connectivity index (χ0) is 19.5. The Morgan fingerprint density at radius 3 is 2.93 bits per heavy atom. The van der Waals surface area contributed by atoms with Gasteiger partial charge in [0.1, 0.15) is 18.1 Å². The molecule has 0 saturated heterocycles. The maximum absolute atomic E-state index is 12.6. The van der Waals surface area contributed by atoms with E-state index in [1.54, 1.807) is 37.6 Å². The number of rotatable bonds is 5. The molecule has 1 aliphatic heterocycles. The van der Waals surface area contributed by atoms with Gasteiger partial charge in [-0.3, -0.25) is 4.72 Å². The SMILES string of the molecule is COc1cc(C#N)ccc1N1CCOc2cc(S(=O)Nc3nccs3)ccc21. The fraction of sp³-hybridized carbons (Fsp3) is 0.158. The second kappa shape index (κ2) is 7.88. The second-order valence-electron chi connectivity index (χ2n) is 5.84. The molecule has 28 heavy (non-hydrogen) atoms. The summed E-state index contributed by atoms with van der Waals surface area (Å²) in [5, 5.41) is 11.5. The molecule has 1 aliphatic rings. The van der Waals surface area contributed by atoms with Crippen molar-refractivity contribution in [1.82, 2.24) is 4.98 Å². The lowest BCUT2D eigenvalue weighted by molar-refractivity contribution is 0.312. The van der Waals surface area contributed by atoms with E-state index >= 15 is 0 Å². The summed E-state index contributed by atoms with van der Waals surface area (Å²) < 4.78 is 26.7. The number of methoxy groups -OCH3 is 1. The Morgan fingerprint density at radius 1 is 1.32 bits per heavy atom. The molecule has 0 fully saturated rings. The molecule has 1 N–H and O–H groups in total. The van der Waals surface area contributed by atoms with Gasteiger partial charge in [-0.15, -0.1) is 11.3 Å². The minimum atomic E-state index is -1.44. The predicted molar refractivity (Wildman–Crippen MR) is 109 cm³/mol. The molecule has 7 nitrogen and oxygen atoms in total. The van der Waals surface area contributed by atoms with E-state index in [0.717, 1.165) is 11.4 Å². The van der Waals surface area contributed by atoms with Crippen molar-refractivity contribution in [3.8, 4) is 17.6 Å². The molecule has 3 aromatic rings. The molecule has 1 unspecified atom stereocenters. The van der Waals surface area contributed by atoms with Gasteiger partial charge in [-0.1, -0.05) is 0 Å². The van der Waals surface area contributed by atoms with Gasteiger partial charge in [-0.2, -0.15) is 5.26 Å². The topological polar surface area (TPSA) is 87.5 Å². The number of anilines is 3. The van der Waals surface area contributed by atoms with Crippen LogP contribution in [0, 0.1) is 11.3 Å². The second-order valence-corrected chi connectivity index (χ2v) is 7.94. The smallest absolute Gasteiger partial charge is 0.194 e. The van der Waals surface area contributed by atoms with E-state index in [1.807, 2.05) is 17.5 Å². The summed E-state index contributed by atoms with van der Waals surface area (Å²) in [6, 6.07) is 12.9. The zero-order valence-corrected chi connectivity index (χ0v) is 16.5. The normalized spacial score (nSPS) is 13.8. The molecular weight excluding hydrogens is 396 g/mol. The molecule has 0 bridgehead atoms. The van der Waals surface area contributed by atoms with Crippen molar-refractivity contribution >= 4 is 38.8 Å². The molecule has 1 aromatic heterocycles. The van der Waals surface area contributed by atoms with Crippen LogP contribution >= 0.6 is 11.3 Å². The number of nitrogens with zero attached hydrogens (tertiary/aromatic N) is 3. The first-order valence-electron chi connectivity index (χ1n) is 8.40. The third-order valence-corrected chi connectivity index (χ3v) is 6.10. The lowest BCUT2D eigenvalue weighted by Crippen LogP contribution is -2.29. The van der Waals surface area contributed by atoms with Gasteiger partial charge in [0.15, 0.2) is 16.1 Å². The van der Waals surface area contributed by atoms with Crippen LogP contribution in [0.2, 0.25) is 0 Å². The molecule has 0 radical (unpaired) electrons. The molecule has 142 valence electrons. The van der Waals surface area contributed by atoms with Crippen LogP contribution in [-0.2, 0) is 11.0 Å². The van der Waals surface area contributed by atoms with Crippen LogP contribution in [-0.4, -0.2) is 29.5 Å². The highest BCUT2D eigenvalue weighted by Gasteiger charge is 2.23. The first kappa shape index (κ1) is 18.3. The molecule has 1 atom stereocenters. The van der Waals surface area contributed by atoms with Gasteiger partial charge in [0, 0.05) is 23.7 Å². The lowest BCUT2D eigenvalue weighted by Gasteiger charge is -2.32. The number of benzene rings is 2. The van der Waals surface area contributed by atoms with Gasteiger partial charge in [-0.25, -0.2) is 9.19 Å². The Kier molecular flexibility index (Phi) is 5.14. The van der Waals surface area contributed by atoms with Crippen LogP contribution in [0.15, 0.2) is 52.9 Å². The van der Waals surface area contributed by atoms with Gasteiger partial charge < -0.3 is 14.4 Å². The Balaban J connectivity index is 1.65. The minimum Gasteiger partial charge on any atom is -0.495 e. The van der Waals surface area contributed by atoms with E-state index in [-0.39, 0.29) is 0 Å². The van der Waals surface area contributed by atoms with Gasteiger partial charge in [0.2, 0.25) is 0 Å². The van der Waals surface area contributed by atoms with Crippen molar-refractivity contribution in [1.29, 1.82) is 5.26 Å². The van der Waals surface area contributed by atoms with Crippen molar-refractivity contribution in [2.45, 2.75) is 4.90 Å². The van der Waals surface area contributed by atoms with E-state index in [2.05, 4.69) is 20.7 Å². The number of thiazole rings is 1. The fourth-order valence-electron chi connectivity index (χ4n) is 2.95. The lowest BCUT2D eigenvalue weighted by atomic mass is 10.1. The summed E-state index contributed by atoms with van der Waals surface area (Å²) in [4.78, 5) is 6.76. The largest absolute Gasteiger partial charge is 0.495 e. The van der Waals surface area contributed by atoms with Crippen LogP contribution in [0.3, 0.4) is 0 Å². The van der Waals surface area contributed by atoms with E-state index in [9.17, 15) is 4.21 Å². The van der Waals surface area contributed by atoms with E-state index in [4.69, 9.17) is 14.7 Å². The summed E-state index contributed by atoms with van der Waals surface area (Å²) >= 11 is 1.39. The van der Waals surface area contributed by atoms with Crippen molar-refractivity contribution in [2.24, 2.45) is 0 Å². The molecule has 9 heteroatoms. The van der Waals surface area contributed by atoms with Crippen molar-refractivity contribution in [2.75, 3.05) is 29.9 Å². The maximum Gasteiger partial charge on any atom is 0.194 e. The predicted octanol–water partition coefficient (Wildman–Crippen LogP) is 3.69. The summed E-state index contributed by atoms with van der Waals surface area (Å²) in [5.41, 5.74) is 2.23. The molecule has 4 rings (SSSR count). The standard InChI is InChI=1S/C19H16N4O3S2/c1-25-17-10-13(12-20)2-4-15(17)23-7-8-26-18-11-14(3-5-16(18)23)28(24)22-19-21-6-9-27-19/h2-6,9-11H,7-8H2,1H3,(H,21,22). The van der Waals surface area contributed by atoms with Gasteiger partial charge >= 0.3 is 0 Å². The monoisotopic (exact) mass is 412 g/mol. The highest BCUT2D eigenvalue weighted by molar-refractivity contribution is 7.86. The van der Waals surface area contributed by atoms with Crippen LogP contribution in [0.4, 0.5) is 16.5 Å². The van der Waals surface area contributed by atoms with Crippen LogP contribution in [0.1, 0.15) is 5.56 Å². The quantitative estimate of drug-likeness (QED) is 0.688. The number of hydrogen-bond acceptors (Lipinski definition) is 7. The van der Waals surface area contributed by atoms with E-state index in [0.29, 0.717) is 40.2 Å². The van der Waals surface area contributed by atoms with E-state index < -0.39 is 11.0 Å². The minimum absolute atomic E-state index is 0.478. The Labute approximate surface area is 168 Å². The third kappa shape index (κ3) is 3.52. The number of ether oxygens (including phenoxy) is 2. The average molecular weight is 412 g/mol. The summed E-state index contributed by atoms with van der Waals surface area (Å²) in [5.74, 6) is 1.26. The number of fused-ring (bicyclic) bond motifs is 1. The molecule has 0 spiro atoms. The van der Waals surface area contributed by atoms with Crippen LogP contribution < -0.4 is 19.1 Å². The Hall–Kier alpha value is -3.09. The average Bonchev–Trinajstić information content (AvgIpc) is 3.25. The third-order valence-electron chi connectivity index (χ3n) is 4.22. The number of hydrogen-bond donors (Lipinski definition) is 1. The zero-order valence-electron chi connectivity index (χ0n) is 14.9. The van der Waals surface area contributed by atoms with Crippen molar-refractivity contribution in [3.05, 3.63) is 53.5 Å². The Bertz CT molecular complexity index is 1060.